The van der Waals surface area contributed by atoms with Crippen LogP contribution in [0, 0.1) is 11.8 Å². The standard InChI is InChI=1S/C30H26N2O6/c1-2-3-16-38-30(36)19-10-12-20(13-11-19)32-28(34)23-24(29(32)35)26(27(33)22-9-6-17-37-22)31-15-14-18-7-4-5-8-21(18)25(23)31/h4-15,17,23-26H,2-3,16H2,1H3/t23-,24+,25-,26+/m0/s1. The Balaban J connectivity index is 1.36. The molecule has 1 aromatic heterocycles. The zero-order valence-corrected chi connectivity index (χ0v) is 20.8. The van der Waals surface area contributed by atoms with Gasteiger partial charge in [0.2, 0.25) is 17.6 Å². The Morgan fingerprint density at radius 1 is 0.947 bits per heavy atom. The van der Waals surface area contributed by atoms with E-state index in [2.05, 4.69) is 0 Å². The topological polar surface area (TPSA) is 97.1 Å². The van der Waals surface area contributed by atoms with E-state index in [4.69, 9.17) is 9.15 Å². The predicted octanol–water partition coefficient (Wildman–Crippen LogP) is 4.63. The molecule has 0 saturated carbocycles. The number of benzene rings is 2. The summed E-state index contributed by atoms with van der Waals surface area (Å²) in [6, 6.07) is 15.8. The highest BCUT2D eigenvalue weighted by molar-refractivity contribution is 6.24. The summed E-state index contributed by atoms with van der Waals surface area (Å²) < 4.78 is 10.7. The minimum Gasteiger partial charge on any atom is -0.462 e. The summed E-state index contributed by atoms with van der Waals surface area (Å²) in [7, 11) is 0. The van der Waals surface area contributed by atoms with E-state index >= 15 is 0 Å². The number of Topliss-reactive ketones (excluding diaryl/α,β-unsaturated/α-hetero) is 1. The second kappa shape index (κ2) is 9.45. The van der Waals surface area contributed by atoms with Crippen LogP contribution in [0.4, 0.5) is 5.69 Å². The highest BCUT2D eigenvalue weighted by Gasteiger charge is 2.64. The number of hydrogen-bond acceptors (Lipinski definition) is 7. The van der Waals surface area contributed by atoms with Crippen LogP contribution in [-0.4, -0.2) is 41.1 Å². The van der Waals surface area contributed by atoms with E-state index in [0.29, 0.717) is 17.9 Å². The van der Waals surface area contributed by atoms with Gasteiger partial charge in [0.25, 0.3) is 0 Å². The zero-order chi connectivity index (χ0) is 26.4. The summed E-state index contributed by atoms with van der Waals surface area (Å²) in [5.74, 6) is -3.10. The summed E-state index contributed by atoms with van der Waals surface area (Å²) in [6.07, 6.45) is 6.82. The largest absolute Gasteiger partial charge is 0.462 e. The van der Waals surface area contributed by atoms with Crippen molar-refractivity contribution < 1.29 is 28.3 Å². The van der Waals surface area contributed by atoms with Crippen LogP contribution >= 0.6 is 0 Å². The number of nitrogens with zero attached hydrogens (tertiary/aromatic N) is 2. The third-order valence-corrected chi connectivity index (χ3v) is 7.59. The first-order valence-corrected chi connectivity index (χ1v) is 12.8. The van der Waals surface area contributed by atoms with Gasteiger partial charge in [0, 0.05) is 6.20 Å². The van der Waals surface area contributed by atoms with Crippen LogP contribution in [0.2, 0.25) is 0 Å². The van der Waals surface area contributed by atoms with Crippen molar-refractivity contribution in [1.82, 2.24) is 4.90 Å². The highest BCUT2D eigenvalue weighted by Crippen LogP contribution is 2.53. The molecule has 0 spiro atoms. The molecule has 0 unspecified atom stereocenters. The van der Waals surface area contributed by atoms with E-state index in [9.17, 15) is 19.2 Å². The molecule has 8 heteroatoms. The lowest BCUT2D eigenvalue weighted by atomic mass is 9.84. The molecule has 4 heterocycles. The lowest BCUT2D eigenvalue weighted by molar-refractivity contribution is -0.123. The molecular weight excluding hydrogens is 484 g/mol. The first-order chi connectivity index (χ1) is 18.5. The van der Waals surface area contributed by atoms with Gasteiger partial charge in [-0.1, -0.05) is 37.6 Å². The number of furan rings is 1. The van der Waals surface area contributed by atoms with Gasteiger partial charge in [-0.15, -0.1) is 0 Å². The summed E-state index contributed by atoms with van der Waals surface area (Å²) in [4.78, 5) is 56.8. The van der Waals surface area contributed by atoms with Crippen molar-refractivity contribution in [3.8, 4) is 0 Å². The molecule has 3 aromatic rings. The van der Waals surface area contributed by atoms with Gasteiger partial charge >= 0.3 is 5.97 Å². The van der Waals surface area contributed by atoms with E-state index in [1.165, 1.54) is 6.26 Å². The third kappa shape index (κ3) is 3.67. The van der Waals surface area contributed by atoms with Crippen LogP contribution in [0.1, 0.15) is 57.8 Å². The van der Waals surface area contributed by atoms with Crippen molar-refractivity contribution in [2.75, 3.05) is 11.5 Å². The molecule has 6 rings (SSSR count). The molecule has 2 fully saturated rings. The number of amides is 2. The van der Waals surface area contributed by atoms with Gasteiger partial charge in [-0.2, -0.15) is 0 Å². The summed E-state index contributed by atoms with van der Waals surface area (Å²) >= 11 is 0. The fourth-order valence-electron chi connectivity index (χ4n) is 5.82. The van der Waals surface area contributed by atoms with E-state index in [1.54, 1.807) is 42.6 Å². The Morgan fingerprint density at radius 3 is 2.45 bits per heavy atom. The number of unbranched alkanes of at least 4 members (excludes halogenated alkanes) is 1. The van der Waals surface area contributed by atoms with Crippen LogP contribution in [0.25, 0.3) is 6.08 Å². The normalized spacial score (nSPS) is 23.3. The van der Waals surface area contributed by atoms with Crippen molar-refractivity contribution in [1.29, 1.82) is 0 Å². The fourth-order valence-corrected chi connectivity index (χ4v) is 5.82. The smallest absolute Gasteiger partial charge is 0.338 e. The molecule has 8 nitrogen and oxygen atoms in total. The van der Waals surface area contributed by atoms with Crippen LogP contribution in [0.15, 0.2) is 77.5 Å². The Morgan fingerprint density at radius 2 is 1.71 bits per heavy atom. The van der Waals surface area contributed by atoms with Crippen LogP contribution < -0.4 is 4.90 Å². The Labute approximate surface area is 219 Å². The number of ketones is 1. The number of carbonyl (C=O) groups excluding carboxylic acids is 4. The molecule has 192 valence electrons. The van der Waals surface area contributed by atoms with E-state index in [1.807, 2.05) is 42.2 Å². The number of rotatable bonds is 7. The lowest BCUT2D eigenvalue weighted by Crippen LogP contribution is -2.44. The molecule has 0 N–H and O–H groups in total. The minimum absolute atomic E-state index is 0.145. The first kappa shape index (κ1) is 23.9. The maximum atomic E-state index is 13.9. The summed E-state index contributed by atoms with van der Waals surface area (Å²) in [5, 5.41) is 0. The van der Waals surface area contributed by atoms with E-state index in [0.717, 1.165) is 28.9 Å². The van der Waals surface area contributed by atoms with Crippen molar-refractivity contribution in [2.45, 2.75) is 31.8 Å². The Kier molecular flexibility index (Phi) is 5.94. The van der Waals surface area contributed by atoms with Crippen molar-refractivity contribution in [2.24, 2.45) is 11.8 Å². The molecular formula is C30H26N2O6. The minimum atomic E-state index is -0.893. The highest BCUT2D eigenvalue weighted by atomic mass is 16.5. The van der Waals surface area contributed by atoms with Gasteiger partial charge in [0.1, 0.15) is 6.04 Å². The number of imide groups is 1. The molecule has 0 bridgehead atoms. The van der Waals surface area contributed by atoms with Crippen LogP contribution in [0.3, 0.4) is 0 Å². The fraction of sp³-hybridized carbons (Fsp3) is 0.267. The number of carbonyl (C=O) groups is 4. The number of fused-ring (bicyclic) bond motifs is 5. The molecule has 0 radical (unpaired) electrons. The first-order valence-electron chi connectivity index (χ1n) is 12.8. The number of ether oxygens (including phenoxy) is 1. The number of hydrogen-bond donors (Lipinski definition) is 0. The molecule has 0 aliphatic carbocycles. The third-order valence-electron chi connectivity index (χ3n) is 7.59. The second-order valence-electron chi connectivity index (χ2n) is 9.72. The molecule has 4 atom stereocenters. The quantitative estimate of drug-likeness (QED) is 0.198. The van der Waals surface area contributed by atoms with Gasteiger partial charge in [0.05, 0.1) is 42.0 Å². The van der Waals surface area contributed by atoms with Crippen molar-refractivity contribution in [3.63, 3.8) is 0 Å². The van der Waals surface area contributed by atoms with Gasteiger partial charge < -0.3 is 14.1 Å². The molecule has 38 heavy (non-hydrogen) atoms. The maximum Gasteiger partial charge on any atom is 0.338 e. The zero-order valence-electron chi connectivity index (χ0n) is 20.8. The summed E-state index contributed by atoms with van der Waals surface area (Å²) in [6.45, 7) is 2.35. The molecule has 2 aromatic carbocycles. The average molecular weight is 511 g/mol. The summed E-state index contributed by atoms with van der Waals surface area (Å²) in [5.41, 5.74) is 2.54. The van der Waals surface area contributed by atoms with Crippen LogP contribution in [0.5, 0.6) is 0 Å². The van der Waals surface area contributed by atoms with Crippen LogP contribution in [-0.2, 0) is 14.3 Å². The maximum absolute atomic E-state index is 13.9. The van der Waals surface area contributed by atoms with Crippen molar-refractivity contribution in [3.05, 3.63) is 95.6 Å². The number of esters is 1. The SMILES string of the molecule is CCCCOC(=O)c1ccc(N2C(=O)[C@@H]3[C@H](C2=O)[C@@H]2c4ccccc4C=CN2[C@H]3C(=O)c2ccco2)cc1. The monoisotopic (exact) mass is 510 g/mol. The molecule has 2 amide bonds. The van der Waals surface area contributed by atoms with E-state index < -0.39 is 35.8 Å². The molecule has 3 aliphatic rings. The molecule has 3 aliphatic heterocycles. The Bertz CT molecular complexity index is 1440. The second-order valence-corrected chi connectivity index (χ2v) is 9.72. The van der Waals surface area contributed by atoms with Gasteiger partial charge in [0.15, 0.2) is 5.76 Å². The van der Waals surface area contributed by atoms with Gasteiger partial charge in [-0.3, -0.25) is 14.4 Å². The van der Waals surface area contributed by atoms with Crippen molar-refractivity contribution >= 4 is 35.3 Å². The average Bonchev–Trinajstić information content (AvgIpc) is 3.65. The predicted molar refractivity (Wildman–Crippen MR) is 138 cm³/mol. The van der Waals surface area contributed by atoms with Gasteiger partial charge in [-0.05, 0) is 60.0 Å². The van der Waals surface area contributed by atoms with E-state index in [-0.39, 0.29) is 17.5 Å². The molecule has 2 saturated heterocycles. The lowest BCUT2D eigenvalue weighted by Gasteiger charge is -2.35. The number of anilines is 1. The van der Waals surface area contributed by atoms with Gasteiger partial charge in [-0.25, -0.2) is 9.69 Å². The Hall–Kier alpha value is -4.46.